The molecule has 0 radical (unpaired) electrons. The first-order valence-electron chi connectivity index (χ1n) is 8.85. The van der Waals surface area contributed by atoms with Crippen molar-refractivity contribution in [1.29, 1.82) is 0 Å². The van der Waals surface area contributed by atoms with E-state index in [0.29, 0.717) is 30.4 Å². The first-order valence-corrected chi connectivity index (χ1v) is 8.85. The summed E-state index contributed by atoms with van der Waals surface area (Å²) in [6, 6.07) is 10.9. The van der Waals surface area contributed by atoms with Crippen LogP contribution >= 0.6 is 0 Å². The predicted molar refractivity (Wildman–Crippen MR) is 102 cm³/mol. The number of aliphatic imine (C=N–C) groups is 1. The highest BCUT2D eigenvalue weighted by Crippen LogP contribution is 2.39. The summed E-state index contributed by atoms with van der Waals surface area (Å²) >= 11 is 0. The van der Waals surface area contributed by atoms with Gasteiger partial charge in [0.25, 0.3) is 0 Å². The third kappa shape index (κ3) is 2.81. The van der Waals surface area contributed by atoms with Crippen LogP contribution in [0.5, 0.6) is 5.75 Å². The Morgan fingerprint density at radius 2 is 2.00 bits per heavy atom. The van der Waals surface area contributed by atoms with Crippen LogP contribution in [0, 0.1) is 0 Å². The smallest absolute Gasteiger partial charge is 0.229 e. The number of pyridine rings is 1. The minimum atomic E-state index is 0.198. The molecule has 1 saturated heterocycles. The molecule has 0 atom stereocenters. The number of benzene rings is 1. The quantitative estimate of drug-likeness (QED) is 0.709. The standard InChI is InChI=1S/C21H17N3O3/c25-15-4-1-3-14(13-15)17-6-7-18(24-9-11-26-12-10-24)20-19(23-17)16-5-2-8-22-21(16)27-20/h1-6,8,13,25H,9-12H2. The number of hydrogen-bond acceptors (Lipinski definition) is 6. The van der Waals surface area contributed by atoms with E-state index in [9.17, 15) is 5.11 Å². The summed E-state index contributed by atoms with van der Waals surface area (Å²) in [6.07, 6.45) is 3.55. The Morgan fingerprint density at radius 1 is 1.11 bits per heavy atom. The molecule has 0 amide bonds. The van der Waals surface area contributed by atoms with Crippen molar-refractivity contribution in [2.45, 2.75) is 0 Å². The van der Waals surface area contributed by atoms with Crippen molar-refractivity contribution < 1.29 is 14.3 Å². The van der Waals surface area contributed by atoms with E-state index < -0.39 is 0 Å². The Kier molecular flexibility index (Phi) is 3.78. The maximum absolute atomic E-state index is 9.85. The van der Waals surface area contributed by atoms with Crippen molar-refractivity contribution in [2.24, 2.45) is 4.99 Å². The molecule has 1 aromatic carbocycles. The fourth-order valence-electron chi connectivity index (χ4n) is 3.38. The van der Waals surface area contributed by atoms with Gasteiger partial charge in [0.2, 0.25) is 5.71 Å². The summed E-state index contributed by atoms with van der Waals surface area (Å²) in [5.41, 5.74) is 7.03. The number of furan rings is 1. The minimum absolute atomic E-state index is 0.198. The lowest BCUT2D eigenvalue weighted by Gasteiger charge is -2.28. The monoisotopic (exact) mass is 359 g/mol. The molecule has 0 bridgehead atoms. The molecular formula is C21H17N3O3. The highest BCUT2D eigenvalue weighted by molar-refractivity contribution is 6.13. The Labute approximate surface area is 155 Å². The molecule has 2 aliphatic rings. The Hall–Kier alpha value is -3.34. The molecule has 0 aliphatic carbocycles. The van der Waals surface area contributed by atoms with Crippen LogP contribution in [0.4, 0.5) is 5.69 Å². The number of morpholine rings is 1. The summed E-state index contributed by atoms with van der Waals surface area (Å²) in [5.74, 6) is 0.862. The molecule has 6 nitrogen and oxygen atoms in total. The molecule has 27 heavy (non-hydrogen) atoms. The lowest BCUT2D eigenvalue weighted by atomic mass is 10.1. The first-order chi connectivity index (χ1) is 13.3. The fourth-order valence-corrected chi connectivity index (χ4v) is 3.38. The molecule has 134 valence electrons. The van der Waals surface area contributed by atoms with E-state index in [-0.39, 0.29) is 5.75 Å². The van der Waals surface area contributed by atoms with Gasteiger partial charge < -0.3 is 19.2 Å². The second-order valence-electron chi connectivity index (χ2n) is 6.42. The molecule has 3 aromatic rings. The number of rotatable bonds is 2. The van der Waals surface area contributed by atoms with Gasteiger partial charge in [-0.15, -0.1) is 0 Å². The Morgan fingerprint density at radius 3 is 2.85 bits per heavy atom. The lowest BCUT2D eigenvalue weighted by Crippen LogP contribution is -2.34. The summed E-state index contributed by atoms with van der Waals surface area (Å²) < 4.78 is 11.6. The SMILES string of the molecule is Oc1cccc(C2=Nc3c(oc4ncccc34)C(N3CCOCC3)=C=C2)c1. The number of hydrogen-bond donors (Lipinski definition) is 1. The number of phenols is 1. The van der Waals surface area contributed by atoms with Crippen LogP contribution in [-0.4, -0.2) is 47.0 Å². The van der Waals surface area contributed by atoms with Crippen molar-refractivity contribution in [3.05, 3.63) is 65.7 Å². The van der Waals surface area contributed by atoms with Gasteiger partial charge in [0.1, 0.15) is 17.1 Å². The largest absolute Gasteiger partial charge is 0.508 e. The van der Waals surface area contributed by atoms with Gasteiger partial charge in [0.15, 0.2) is 5.76 Å². The van der Waals surface area contributed by atoms with E-state index in [4.69, 9.17) is 14.1 Å². The summed E-state index contributed by atoms with van der Waals surface area (Å²) in [7, 11) is 0. The molecule has 0 unspecified atom stereocenters. The Balaban J connectivity index is 1.74. The first kappa shape index (κ1) is 15.9. The van der Waals surface area contributed by atoms with Gasteiger partial charge in [-0.05, 0) is 24.3 Å². The van der Waals surface area contributed by atoms with Crippen LogP contribution in [-0.2, 0) is 4.74 Å². The van der Waals surface area contributed by atoms with Crippen LogP contribution in [0.15, 0.2) is 63.8 Å². The maximum atomic E-state index is 9.85. The van der Waals surface area contributed by atoms with Crippen molar-refractivity contribution in [3.63, 3.8) is 0 Å². The molecule has 0 saturated carbocycles. The van der Waals surface area contributed by atoms with Crippen LogP contribution in [0.25, 0.3) is 16.8 Å². The topological polar surface area (TPSA) is 71.1 Å². The van der Waals surface area contributed by atoms with Gasteiger partial charge in [0, 0.05) is 30.9 Å². The van der Waals surface area contributed by atoms with Gasteiger partial charge in [-0.25, -0.2) is 9.98 Å². The maximum Gasteiger partial charge on any atom is 0.229 e. The molecule has 6 heteroatoms. The van der Waals surface area contributed by atoms with E-state index in [1.165, 1.54) is 0 Å². The van der Waals surface area contributed by atoms with Gasteiger partial charge >= 0.3 is 0 Å². The minimum Gasteiger partial charge on any atom is -0.508 e. The van der Waals surface area contributed by atoms with Gasteiger partial charge in [-0.2, -0.15) is 0 Å². The second-order valence-corrected chi connectivity index (χ2v) is 6.42. The molecule has 5 rings (SSSR count). The van der Waals surface area contributed by atoms with E-state index in [1.54, 1.807) is 24.4 Å². The summed E-state index contributed by atoms with van der Waals surface area (Å²) in [4.78, 5) is 11.4. The zero-order chi connectivity index (χ0) is 18.2. The molecule has 2 aliphatic heterocycles. The number of fused-ring (bicyclic) bond motifs is 3. The predicted octanol–water partition coefficient (Wildman–Crippen LogP) is 3.50. The zero-order valence-corrected chi connectivity index (χ0v) is 14.6. The highest BCUT2D eigenvalue weighted by atomic mass is 16.5. The molecule has 0 spiro atoms. The number of aromatic hydroxyl groups is 1. The van der Waals surface area contributed by atoms with Crippen LogP contribution < -0.4 is 0 Å². The van der Waals surface area contributed by atoms with E-state index in [0.717, 1.165) is 35.4 Å². The number of phenolic OH excluding ortho intramolecular Hbond substituents is 1. The highest BCUT2D eigenvalue weighted by Gasteiger charge is 2.25. The molecule has 4 heterocycles. The van der Waals surface area contributed by atoms with Crippen LogP contribution in [0.1, 0.15) is 11.3 Å². The fraction of sp³-hybridized carbons (Fsp3) is 0.190. The average Bonchev–Trinajstić information content (AvgIpc) is 2.95. The third-order valence-electron chi connectivity index (χ3n) is 4.70. The van der Waals surface area contributed by atoms with Gasteiger partial charge in [0.05, 0.1) is 24.3 Å². The van der Waals surface area contributed by atoms with Crippen molar-refractivity contribution >= 4 is 28.2 Å². The van der Waals surface area contributed by atoms with Gasteiger partial charge in [-0.3, -0.25) is 0 Å². The average molecular weight is 359 g/mol. The van der Waals surface area contributed by atoms with E-state index >= 15 is 0 Å². The molecular weight excluding hydrogens is 342 g/mol. The Bertz CT molecular complexity index is 1120. The molecule has 1 N–H and O–H groups in total. The van der Waals surface area contributed by atoms with Crippen LogP contribution in [0.3, 0.4) is 0 Å². The normalized spacial score (nSPS) is 16.7. The van der Waals surface area contributed by atoms with Gasteiger partial charge in [-0.1, -0.05) is 17.9 Å². The number of ether oxygens (including phenoxy) is 1. The van der Waals surface area contributed by atoms with Crippen LogP contribution in [0.2, 0.25) is 0 Å². The summed E-state index contributed by atoms with van der Waals surface area (Å²) in [6.45, 7) is 2.86. The number of nitrogens with zero attached hydrogens (tertiary/aromatic N) is 3. The van der Waals surface area contributed by atoms with Crippen molar-refractivity contribution in [3.8, 4) is 5.75 Å². The molecule has 1 fully saturated rings. The molecule has 2 aromatic heterocycles. The number of aromatic nitrogens is 1. The third-order valence-corrected chi connectivity index (χ3v) is 4.70. The lowest BCUT2D eigenvalue weighted by molar-refractivity contribution is 0.0634. The second kappa shape index (κ2) is 6.43. The van der Waals surface area contributed by atoms with E-state index in [1.807, 2.05) is 24.3 Å². The zero-order valence-electron chi connectivity index (χ0n) is 14.6. The number of allylic oxidation sites excluding steroid dienone is 1. The van der Waals surface area contributed by atoms with Crippen molar-refractivity contribution in [1.82, 2.24) is 9.88 Å². The van der Waals surface area contributed by atoms with Crippen molar-refractivity contribution in [2.75, 3.05) is 26.3 Å². The summed E-state index contributed by atoms with van der Waals surface area (Å²) in [5, 5.41) is 10.7. The van der Waals surface area contributed by atoms with E-state index in [2.05, 4.69) is 15.6 Å².